The van der Waals surface area contributed by atoms with Gasteiger partial charge in [0.25, 0.3) is 0 Å². The molecular formula is C30H31BrN4O3. The Bertz CT molecular complexity index is 1460. The minimum atomic E-state index is -0.667. The Morgan fingerprint density at radius 2 is 1.82 bits per heavy atom. The second kappa shape index (κ2) is 9.66. The van der Waals surface area contributed by atoms with E-state index in [4.69, 9.17) is 0 Å². The second-order valence-electron chi connectivity index (χ2n) is 11.3. The number of nitrogens with zero attached hydrogens (tertiary/aromatic N) is 2. The van der Waals surface area contributed by atoms with E-state index in [1.807, 2.05) is 70.2 Å². The number of benzene rings is 2. The molecule has 0 bridgehead atoms. The van der Waals surface area contributed by atoms with Gasteiger partial charge < -0.3 is 15.5 Å². The summed E-state index contributed by atoms with van der Waals surface area (Å²) in [5, 5.41) is 5.96. The zero-order valence-electron chi connectivity index (χ0n) is 22.0. The lowest BCUT2D eigenvalue weighted by Crippen LogP contribution is -2.43. The van der Waals surface area contributed by atoms with Gasteiger partial charge in [-0.25, -0.2) is 4.98 Å². The number of aryl methyl sites for hydroxylation is 1. The Morgan fingerprint density at radius 1 is 1.11 bits per heavy atom. The van der Waals surface area contributed by atoms with E-state index >= 15 is 0 Å². The van der Waals surface area contributed by atoms with Crippen LogP contribution in [0.3, 0.4) is 0 Å². The van der Waals surface area contributed by atoms with Crippen molar-refractivity contribution in [3.05, 3.63) is 87.0 Å². The number of rotatable bonds is 5. The monoisotopic (exact) mass is 574 g/mol. The number of anilines is 2. The molecular weight excluding hydrogens is 544 g/mol. The maximum absolute atomic E-state index is 13.3. The molecule has 0 saturated carbocycles. The van der Waals surface area contributed by atoms with Gasteiger partial charge in [-0.1, -0.05) is 67.0 Å². The molecule has 0 saturated heterocycles. The fraction of sp³-hybridized carbons (Fsp3) is 0.333. The van der Waals surface area contributed by atoms with Crippen molar-refractivity contribution in [2.24, 2.45) is 5.41 Å². The molecule has 196 valence electrons. The van der Waals surface area contributed by atoms with Crippen LogP contribution in [0.1, 0.15) is 48.6 Å². The van der Waals surface area contributed by atoms with Gasteiger partial charge in [0.1, 0.15) is 12.4 Å². The van der Waals surface area contributed by atoms with Crippen LogP contribution in [0.25, 0.3) is 0 Å². The van der Waals surface area contributed by atoms with Crippen molar-refractivity contribution >= 4 is 45.2 Å². The highest BCUT2D eigenvalue weighted by Gasteiger charge is 2.51. The number of hydrogen-bond acceptors (Lipinski definition) is 4. The third kappa shape index (κ3) is 4.73. The molecule has 1 aromatic heterocycles. The zero-order chi connectivity index (χ0) is 27.2. The molecule has 2 heterocycles. The predicted molar refractivity (Wildman–Crippen MR) is 151 cm³/mol. The molecule has 2 N–H and O–H groups in total. The molecule has 3 aromatic rings. The number of aromatic nitrogens is 1. The van der Waals surface area contributed by atoms with Crippen LogP contribution in [-0.2, 0) is 39.2 Å². The molecule has 1 aliphatic carbocycles. The van der Waals surface area contributed by atoms with Crippen molar-refractivity contribution in [3.8, 4) is 0 Å². The number of halogens is 1. The van der Waals surface area contributed by atoms with Crippen molar-refractivity contribution in [2.75, 3.05) is 17.2 Å². The first kappa shape index (κ1) is 26.1. The smallest absolute Gasteiger partial charge is 0.244 e. The third-order valence-corrected chi connectivity index (χ3v) is 8.15. The van der Waals surface area contributed by atoms with E-state index in [1.165, 1.54) is 0 Å². The molecule has 1 unspecified atom stereocenters. The highest BCUT2D eigenvalue weighted by atomic mass is 79.9. The van der Waals surface area contributed by atoms with Gasteiger partial charge in [-0.05, 0) is 60.2 Å². The molecule has 1 spiro atoms. The Kier molecular flexibility index (Phi) is 6.63. The van der Waals surface area contributed by atoms with Gasteiger partial charge in [0.15, 0.2) is 0 Å². The van der Waals surface area contributed by atoms with Crippen molar-refractivity contribution in [2.45, 2.75) is 52.5 Å². The summed E-state index contributed by atoms with van der Waals surface area (Å²) in [6.45, 7) is 7.76. The molecule has 2 aliphatic rings. The number of pyridine rings is 1. The standard InChI is InChI=1S/C30H31BrN4O3/c1-18-12-20-14-30(22-9-7-11-32-26(22)34-27(30)37)15-21(20)13-24(18)33-25(36)17-35(28(38)29(2,3)4)16-19-8-5-6-10-23(19)31/h5-13H,14-17H2,1-4H3,(H,33,36)(H,32,34,37). The third-order valence-electron chi connectivity index (χ3n) is 7.38. The van der Waals surface area contributed by atoms with Crippen molar-refractivity contribution in [1.29, 1.82) is 0 Å². The molecule has 7 nitrogen and oxygen atoms in total. The molecule has 0 radical (unpaired) electrons. The van der Waals surface area contributed by atoms with Gasteiger partial charge in [0.05, 0.1) is 5.41 Å². The van der Waals surface area contributed by atoms with Crippen LogP contribution in [0.2, 0.25) is 0 Å². The van der Waals surface area contributed by atoms with Crippen molar-refractivity contribution in [3.63, 3.8) is 0 Å². The number of amides is 3. The average Bonchev–Trinajstić information content (AvgIpc) is 3.36. The normalized spacial score (nSPS) is 17.7. The number of fused-ring (bicyclic) bond motifs is 3. The number of carbonyl (C=O) groups is 3. The lowest BCUT2D eigenvalue weighted by molar-refractivity contribution is -0.142. The van der Waals surface area contributed by atoms with Gasteiger partial charge in [-0.2, -0.15) is 0 Å². The molecule has 1 aliphatic heterocycles. The summed E-state index contributed by atoms with van der Waals surface area (Å²) >= 11 is 3.55. The Balaban J connectivity index is 1.36. The summed E-state index contributed by atoms with van der Waals surface area (Å²) in [6.07, 6.45) is 2.83. The average molecular weight is 576 g/mol. The van der Waals surface area contributed by atoms with Gasteiger partial charge >= 0.3 is 0 Å². The quantitative estimate of drug-likeness (QED) is 0.440. The first-order valence-electron chi connectivity index (χ1n) is 12.7. The van der Waals surface area contributed by atoms with Crippen LogP contribution in [-0.4, -0.2) is 34.2 Å². The van der Waals surface area contributed by atoms with Crippen LogP contribution in [0.15, 0.2) is 59.2 Å². The van der Waals surface area contributed by atoms with Crippen LogP contribution >= 0.6 is 15.9 Å². The fourth-order valence-corrected chi connectivity index (χ4v) is 5.86. The second-order valence-corrected chi connectivity index (χ2v) is 12.1. The largest absolute Gasteiger partial charge is 0.329 e. The van der Waals surface area contributed by atoms with E-state index in [1.54, 1.807) is 11.1 Å². The maximum atomic E-state index is 13.3. The number of nitrogens with one attached hydrogen (secondary N) is 2. The van der Waals surface area contributed by atoms with Crippen LogP contribution in [0.5, 0.6) is 0 Å². The van der Waals surface area contributed by atoms with E-state index in [0.29, 0.717) is 30.9 Å². The number of hydrogen-bond donors (Lipinski definition) is 2. The van der Waals surface area contributed by atoms with Gasteiger partial charge in [0, 0.05) is 33.9 Å². The van der Waals surface area contributed by atoms with Gasteiger partial charge in [-0.3, -0.25) is 14.4 Å². The highest BCUT2D eigenvalue weighted by molar-refractivity contribution is 9.10. The zero-order valence-corrected chi connectivity index (χ0v) is 23.6. The van der Waals surface area contributed by atoms with Crippen LogP contribution in [0.4, 0.5) is 11.5 Å². The molecule has 8 heteroatoms. The summed E-state index contributed by atoms with van der Waals surface area (Å²) in [7, 11) is 0. The minimum Gasteiger partial charge on any atom is -0.329 e. The summed E-state index contributed by atoms with van der Waals surface area (Å²) in [5.74, 6) is 0.229. The van der Waals surface area contributed by atoms with E-state index in [-0.39, 0.29) is 24.3 Å². The highest BCUT2D eigenvalue weighted by Crippen LogP contribution is 2.47. The van der Waals surface area contributed by atoms with E-state index < -0.39 is 10.8 Å². The predicted octanol–water partition coefficient (Wildman–Crippen LogP) is 5.15. The van der Waals surface area contributed by atoms with Crippen molar-refractivity contribution < 1.29 is 14.4 Å². The van der Waals surface area contributed by atoms with E-state index in [0.717, 1.165) is 32.3 Å². The van der Waals surface area contributed by atoms with Crippen LogP contribution < -0.4 is 10.6 Å². The molecule has 2 aromatic carbocycles. The SMILES string of the molecule is Cc1cc2c(cc1NC(=O)CN(Cc1ccccc1Br)C(=O)C(C)(C)C)CC1(C2)C(=O)Nc2ncccc21. The molecule has 5 rings (SSSR count). The van der Waals surface area contributed by atoms with Gasteiger partial charge in [0.2, 0.25) is 17.7 Å². The van der Waals surface area contributed by atoms with E-state index in [2.05, 4.69) is 37.6 Å². The van der Waals surface area contributed by atoms with Crippen LogP contribution in [0, 0.1) is 12.3 Å². The fourth-order valence-electron chi connectivity index (χ4n) is 5.45. The molecule has 0 fully saturated rings. The van der Waals surface area contributed by atoms with E-state index in [9.17, 15) is 14.4 Å². The van der Waals surface area contributed by atoms with Gasteiger partial charge in [-0.15, -0.1) is 0 Å². The Morgan fingerprint density at radius 3 is 2.53 bits per heavy atom. The Hall–Kier alpha value is -3.52. The summed E-state index contributed by atoms with van der Waals surface area (Å²) in [4.78, 5) is 45.5. The summed E-state index contributed by atoms with van der Waals surface area (Å²) in [5.41, 5.74) is 4.30. The maximum Gasteiger partial charge on any atom is 0.244 e. The first-order valence-corrected chi connectivity index (χ1v) is 13.5. The Labute approximate surface area is 231 Å². The first-order chi connectivity index (χ1) is 18.0. The lowest BCUT2D eigenvalue weighted by Gasteiger charge is -2.29. The number of carbonyl (C=O) groups excluding carboxylic acids is 3. The summed E-state index contributed by atoms with van der Waals surface area (Å²) in [6, 6.07) is 15.6. The van der Waals surface area contributed by atoms with Crippen molar-refractivity contribution in [1.82, 2.24) is 9.88 Å². The lowest BCUT2D eigenvalue weighted by atomic mass is 9.79. The molecule has 3 amide bonds. The minimum absolute atomic E-state index is 0.0333. The topological polar surface area (TPSA) is 91.4 Å². The molecule has 1 atom stereocenters. The molecule has 38 heavy (non-hydrogen) atoms. The summed E-state index contributed by atoms with van der Waals surface area (Å²) < 4.78 is 0.892.